The fourth-order valence-electron chi connectivity index (χ4n) is 3.03. The first-order chi connectivity index (χ1) is 11.5. The number of benzene rings is 1. The number of fused-ring (bicyclic) bond motifs is 1. The maximum atomic E-state index is 12.5. The second-order valence-electron chi connectivity index (χ2n) is 6.10. The molecule has 0 aliphatic carbocycles. The van der Waals surface area contributed by atoms with Gasteiger partial charge < -0.3 is 10.4 Å². The van der Waals surface area contributed by atoms with E-state index in [0.29, 0.717) is 20.4 Å². The van der Waals surface area contributed by atoms with Crippen LogP contribution in [0.4, 0.5) is 0 Å². The number of carbonyl (C=O) groups is 1. The molecule has 24 heavy (non-hydrogen) atoms. The molecule has 1 saturated heterocycles. The Kier molecular flexibility index (Phi) is 5.34. The molecular formula is C16H18BrClN3O3+. The van der Waals surface area contributed by atoms with Gasteiger partial charge in [-0.3, -0.25) is 14.2 Å². The lowest BCUT2D eigenvalue weighted by Gasteiger charge is -2.25. The molecule has 0 spiro atoms. The first kappa shape index (κ1) is 17.5. The average molecular weight is 416 g/mol. The Morgan fingerprint density at radius 3 is 3.04 bits per heavy atom. The van der Waals surface area contributed by atoms with E-state index in [9.17, 15) is 14.7 Å². The molecule has 1 aromatic carbocycles. The zero-order valence-corrected chi connectivity index (χ0v) is 15.3. The van der Waals surface area contributed by atoms with Gasteiger partial charge in [-0.2, -0.15) is 0 Å². The minimum Gasteiger partial charge on any atom is -0.387 e. The van der Waals surface area contributed by atoms with Gasteiger partial charge in [-0.25, -0.2) is 4.98 Å². The van der Waals surface area contributed by atoms with Gasteiger partial charge in [0.25, 0.3) is 5.56 Å². The number of Topliss-reactive ketones (excluding diaryl/α,β-unsaturated/α-hetero) is 1. The number of aliphatic hydroxyl groups is 1. The van der Waals surface area contributed by atoms with Gasteiger partial charge in [-0.15, -0.1) is 0 Å². The molecule has 0 bridgehead atoms. The highest BCUT2D eigenvalue weighted by molar-refractivity contribution is 9.10. The minimum absolute atomic E-state index is 0.0491. The molecule has 0 amide bonds. The molecule has 3 rings (SSSR count). The van der Waals surface area contributed by atoms with Crippen LogP contribution >= 0.6 is 27.5 Å². The van der Waals surface area contributed by atoms with Crippen molar-refractivity contribution >= 4 is 44.2 Å². The monoisotopic (exact) mass is 414 g/mol. The highest BCUT2D eigenvalue weighted by Crippen LogP contribution is 2.25. The summed E-state index contributed by atoms with van der Waals surface area (Å²) in [5.74, 6) is -0.0938. The van der Waals surface area contributed by atoms with Gasteiger partial charge in [0, 0.05) is 4.47 Å². The minimum atomic E-state index is -0.467. The van der Waals surface area contributed by atoms with Crippen LogP contribution in [0.5, 0.6) is 0 Å². The van der Waals surface area contributed by atoms with Gasteiger partial charge in [0.05, 0.1) is 41.8 Å². The van der Waals surface area contributed by atoms with E-state index in [4.69, 9.17) is 11.6 Å². The molecule has 2 heterocycles. The summed E-state index contributed by atoms with van der Waals surface area (Å²) in [6, 6.07) is 3.11. The summed E-state index contributed by atoms with van der Waals surface area (Å²) >= 11 is 9.34. The Labute approximate surface area is 152 Å². The molecule has 1 aromatic heterocycles. The van der Waals surface area contributed by atoms with Crippen LogP contribution in [0, 0.1) is 0 Å². The van der Waals surface area contributed by atoms with Crippen molar-refractivity contribution < 1.29 is 15.2 Å². The van der Waals surface area contributed by atoms with E-state index < -0.39 is 6.10 Å². The third-order valence-electron chi connectivity index (χ3n) is 4.34. The Balaban J connectivity index is 1.79. The van der Waals surface area contributed by atoms with Crippen molar-refractivity contribution in [3.8, 4) is 0 Å². The standard InChI is InChI=1S/C16H17BrClN3O3/c17-11-6-13-10(5-12(11)18)16(24)21(8-20-13)7-9(22)4-14-15(23)2-1-3-19-14/h5-6,8,14-15,19,23H,1-4,7H2/p+1/t14-,15+/m1/s1. The molecular weight excluding hydrogens is 398 g/mol. The third kappa shape index (κ3) is 3.69. The van der Waals surface area contributed by atoms with Crippen LogP contribution in [0.3, 0.4) is 0 Å². The number of halogens is 2. The Hall–Kier alpha value is -1.28. The van der Waals surface area contributed by atoms with Gasteiger partial charge >= 0.3 is 0 Å². The summed E-state index contributed by atoms with van der Waals surface area (Å²) in [7, 11) is 0. The maximum absolute atomic E-state index is 12.5. The summed E-state index contributed by atoms with van der Waals surface area (Å²) in [5.41, 5.74) is 0.229. The van der Waals surface area contributed by atoms with E-state index in [0.717, 1.165) is 19.4 Å². The number of aromatic nitrogens is 2. The van der Waals surface area contributed by atoms with Crippen molar-refractivity contribution in [2.45, 2.75) is 38.0 Å². The Morgan fingerprint density at radius 1 is 1.50 bits per heavy atom. The van der Waals surface area contributed by atoms with Gasteiger partial charge in [-0.1, -0.05) is 11.6 Å². The van der Waals surface area contributed by atoms with E-state index in [-0.39, 0.29) is 30.3 Å². The summed E-state index contributed by atoms with van der Waals surface area (Å²) in [6.07, 6.45) is 2.83. The quantitative estimate of drug-likeness (QED) is 0.775. The molecule has 1 aliphatic heterocycles. The molecule has 1 aliphatic rings. The number of nitrogens with two attached hydrogens (primary N) is 1. The van der Waals surface area contributed by atoms with Crippen LogP contribution in [0.25, 0.3) is 10.9 Å². The van der Waals surface area contributed by atoms with Gasteiger partial charge in [0.2, 0.25) is 0 Å². The number of carbonyl (C=O) groups excluding carboxylic acids is 1. The fourth-order valence-corrected chi connectivity index (χ4v) is 3.53. The molecule has 1 fully saturated rings. The number of hydrogen-bond donors (Lipinski definition) is 2. The molecule has 8 heteroatoms. The van der Waals surface area contributed by atoms with Crippen LogP contribution in [0.15, 0.2) is 27.7 Å². The van der Waals surface area contributed by atoms with E-state index in [1.807, 2.05) is 5.32 Å². The average Bonchev–Trinajstić information content (AvgIpc) is 2.54. The lowest BCUT2D eigenvalue weighted by atomic mass is 9.97. The molecule has 0 saturated carbocycles. The second-order valence-corrected chi connectivity index (χ2v) is 7.36. The first-order valence-electron chi connectivity index (χ1n) is 7.83. The predicted octanol–water partition coefficient (Wildman–Crippen LogP) is 0.858. The van der Waals surface area contributed by atoms with Crippen molar-refractivity contribution in [2.24, 2.45) is 0 Å². The smallest absolute Gasteiger partial charge is 0.261 e. The van der Waals surface area contributed by atoms with Crippen molar-refractivity contribution in [3.63, 3.8) is 0 Å². The molecule has 128 valence electrons. The highest BCUT2D eigenvalue weighted by atomic mass is 79.9. The largest absolute Gasteiger partial charge is 0.387 e. The molecule has 2 aromatic rings. The van der Waals surface area contributed by atoms with Crippen molar-refractivity contribution in [2.75, 3.05) is 6.54 Å². The topological polar surface area (TPSA) is 88.8 Å². The zero-order chi connectivity index (χ0) is 17.3. The SMILES string of the molecule is O=C(C[C@H]1[NH2+]CCC[C@@H]1O)Cn1cnc2cc(Br)c(Cl)cc2c1=O. The number of rotatable bonds is 4. The first-order valence-corrected chi connectivity index (χ1v) is 9.00. The summed E-state index contributed by atoms with van der Waals surface area (Å²) in [6.45, 7) is 0.867. The molecule has 6 nitrogen and oxygen atoms in total. The Bertz CT molecular complexity index is 839. The van der Waals surface area contributed by atoms with Crippen LogP contribution < -0.4 is 10.9 Å². The van der Waals surface area contributed by atoms with Crippen LogP contribution in [-0.4, -0.2) is 39.1 Å². The normalized spacial score (nSPS) is 21.1. The van der Waals surface area contributed by atoms with E-state index in [1.165, 1.54) is 10.9 Å². The lowest BCUT2D eigenvalue weighted by Crippen LogP contribution is -2.94. The zero-order valence-electron chi connectivity index (χ0n) is 12.9. The number of hydrogen-bond acceptors (Lipinski definition) is 4. The molecule has 2 atom stereocenters. The summed E-state index contributed by atoms with van der Waals surface area (Å²) in [4.78, 5) is 29.0. The molecule has 0 radical (unpaired) electrons. The predicted molar refractivity (Wildman–Crippen MR) is 94.2 cm³/mol. The van der Waals surface area contributed by atoms with Crippen molar-refractivity contribution in [1.82, 2.24) is 9.55 Å². The Morgan fingerprint density at radius 2 is 2.29 bits per heavy atom. The van der Waals surface area contributed by atoms with Gasteiger partial charge in [-0.05, 0) is 40.9 Å². The van der Waals surface area contributed by atoms with Crippen LogP contribution in [0.2, 0.25) is 5.02 Å². The van der Waals surface area contributed by atoms with E-state index in [2.05, 4.69) is 20.9 Å². The number of ketones is 1. The highest BCUT2D eigenvalue weighted by Gasteiger charge is 2.28. The summed E-state index contributed by atoms with van der Waals surface area (Å²) in [5, 5.41) is 12.8. The summed E-state index contributed by atoms with van der Waals surface area (Å²) < 4.78 is 1.96. The van der Waals surface area contributed by atoms with E-state index in [1.54, 1.807) is 12.1 Å². The molecule has 3 N–H and O–H groups in total. The van der Waals surface area contributed by atoms with Gasteiger partial charge in [0.15, 0.2) is 5.78 Å². The number of piperidine rings is 1. The van der Waals surface area contributed by atoms with Crippen LogP contribution in [0.1, 0.15) is 19.3 Å². The molecule has 0 unspecified atom stereocenters. The number of aliphatic hydroxyl groups excluding tert-OH is 1. The van der Waals surface area contributed by atoms with Gasteiger partial charge in [0.1, 0.15) is 12.1 Å². The van der Waals surface area contributed by atoms with Crippen molar-refractivity contribution in [1.29, 1.82) is 0 Å². The van der Waals surface area contributed by atoms with Crippen molar-refractivity contribution in [3.05, 3.63) is 38.3 Å². The lowest BCUT2D eigenvalue weighted by molar-refractivity contribution is -0.704. The number of quaternary nitrogens is 1. The second kappa shape index (κ2) is 7.31. The number of nitrogens with zero attached hydrogens (tertiary/aromatic N) is 2. The third-order valence-corrected chi connectivity index (χ3v) is 5.54. The fraction of sp³-hybridized carbons (Fsp3) is 0.438. The van der Waals surface area contributed by atoms with E-state index >= 15 is 0 Å². The maximum Gasteiger partial charge on any atom is 0.261 e. The van der Waals surface area contributed by atoms with Crippen LogP contribution in [-0.2, 0) is 11.3 Å².